The second-order valence-corrected chi connectivity index (χ2v) is 7.77. The van der Waals surface area contributed by atoms with Gasteiger partial charge in [-0.1, -0.05) is 17.7 Å². The van der Waals surface area contributed by atoms with Gasteiger partial charge in [-0.15, -0.1) is 0 Å². The van der Waals surface area contributed by atoms with Crippen molar-refractivity contribution in [2.45, 2.75) is 19.8 Å². The minimum atomic E-state index is -0.529. The van der Waals surface area contributed by atoms with E-state index in [2.05, 4.69) is 36.5 Å². The molecule has 0 fully saturated rings. The smallest absolute Gasteiger partial charge is 0.343 e. The van der Waals surface area contributed by atoms with Crippen LogP contribution in [0.25, 0.3) is 0 Å². The minimum absolute atomic E-state index is 0.0138. The third-order valence-corrected chi connectivity index (χ3v) is 4.81. The van der Waals surface area contributed by atoms with Crippen LogP contribution in [0.3, 0.4) is 0 Å². The van der Waals surface area contributed by atoms with E-state index in [0.717, 1.165) is 0 Å². The van der Waals surface area contributed by atoms with E-state index in [0.29, 0.717) is 38.9 Å². The number of rotatable bonds is 11. The van der Waals surface area contributed by atoms with Gasteiger partial charge in [-0.05, 0) is 58.7 Å². The largest absolute Gasteiger partial charge is 0.490 e. The van der Waals surface area contributed by atoms with Crippen molar-refractivity contribution in [3.05, 3.63) is 51.5 Å². The molecule has 11 heteroatoms. The summed E-state index contributed by atoms with van der Waals surface area (Å²) < 4.78 is 16.1. The van der Waals surface area contributed by atoms with Crippen LogP contribution in [-0.4, -0.2) is 44.3 Å². The predicted octanol–water partition coefficient (Wildman–Crippen LogP) is 3.92. The number of nitrogens with one attached hydrogen (secondary N) is 2. The highest BCUT2D eigenvalue weighted by atomic mass is 79.9. The summed E-state index contributed by atoms with van der Waals surface area (Å²) in [7, 11) is 1.27. The van der Waals surface area contributed by atoms with E-state index < -0.39 is 11.9 Å². The highest BCUT2D eigenvalue weighted by Crippen LogP contribution is 2.36. The Morgan fingerprint density at radius 3 is 2.58 bits per heavy atom. The zero-order valence-electron chi connectivity index (χ0n) is 18.0. The zero-order valence-corrected chi connectivity index (χ0v) is 20.4. The third kappa shape index (κ3) is 9.11. The molecule has 0 atom stereocenters. The molecule has 0 radical (unpaired) electrons. The molecule has 9 nitrogen and oxygen atoms in total. The van der Waals surface area contributed by atoms with Gasteiger partial charge >= 0.3 is 5.97 Å². The van der Waals surface area contributed by atoms with Gasteiger partial charge in [-0.3, -0.25) is 9.59 Å². The van der Waals surface area contributed by atoms with Crippen LogP contribution >= 0.6 is 27.5 Å². The molecule has 0 saturated heterocycles. The van der Waals surface area contributed by atoms with Gasteiger partial charge in [0.25, 0.3) is 0 Å². The van der Waals surface area contributed by atoms with E-state index in [9.17, 15) is 14.4 Å². The number of halogens is 2. The molecule has 2 rings (SSSR count). The minimum Gasteiger partial charge on any atom is -0.490 e. The van der Waals surface area contributed by atoms with Gasteiger partial charge in [0.05, 0.1) is 24.4 Å². The molecule has 33 heavy (non-hydrogen) atoms. The summed E-state index contributed by atoms with van der Waals surface area (Å²) >= 11 is 9.25. The molecule has 2 amide bonds. The molecule has 2 aromatic rings. The van der Waals surface area contributed by atoms with Crippen LogP contribution < -0.4 is 20.2 Å². The number of hydrogen-bond donors (Lipinski definition) is 2. The van der Waals surface area contributed by atoms with Crippen LogP contribution in [0.2, 0.25) is 5.02 Å². The average Bonchev–Trinajstić information content (AvgIpc) is 2.77. The second kappa shape index (κ2) is 13.4. The number of hydrogen-bond acceptors (Lipinski definition) is 7. The summed E-state index contributed by atoms with van der Waals surface area (Å²) in [5.74, 6) is -0.534. The molecule has 0 aliphatic carbocycles. The van der Waals surface area contributed by atoms with Crippen LogP contribution in [-0.2, 0) is 19.1 Å². The van der Waals surface area contributed by atoms with Crippen molar-refractivity contribution in [3.63, 3.8) is 0 Å². The number of anilines is 1. The van der Waals surface area contributed by atoms with E-state index in [-0.39, 0.29) is 25.4 Å². The van der Waals surface area contributed by atoms with Crippen LogP contribution in [0.4, 0.5) is 5.69 Å². The van der Waals surface area contributed by atoms with Crippen molar-refractivity contribution in [3.8, 4) is 11.5 Å². The third-order valence-electron chi connectivity index (χ3n) is 3.98. The Labute approximate surface area is 204 Å². The molecule has 0 spiro atoms. The maximum absolute atomic E-state index is 12.0. The number of methoxy groups -OCH3 is 1. The van der Waals surface area contributed by atoms with Crippen molar-refractivity contribution < 1.29 is 28.6 Å². The number of carbonyl (C=O) groups excluding carboxylic acids is 3. The molecule has 0 bridgehead atoms. The molecular weight excluding hydrogens is 518 g/mol. The van der Waals surface area contributed by atoms with Crippen molar-refractivity contribution in [2.24, 2.45) is 5.10 Å². The number of benzene rings is 2. The molecule has 2 aromatic carbocycles. The number of carbonyl (C=O) groups is 3. The quantitative estimate of drug-likeness (QED) is 0.254. The lowest BCUT2D eigenvalue weighted by Gasteiger charge is -2.13. The van der Waals surface area contributed by atoms with Gasteiger partial charge in [0, 0.05) is 23.6 Å². The molecule has 0 unspecified atom stereocenters. The first kappa shape index (κ1) is 26.1. The van der Waals surface area contributed by atoms with Crippen LogP contribution in [0.5, 0.6) is 11.5 Å². The Hall–Kier alpha value is -3.11. The average molecular weight is 541 g/mol. The summed E-state index contributed by atoms with van der Waals surface area (Å²) in [6.45, 7) is 1.90. The Morgan fingerprint density at radius 1 is 1.12 bits per heavy atom. The van der Waals surface area contributed by atoms with Gasteiger partial charge in [0.1, 0.15) is 0 Å². The van der Waals surface area contributed by atoms with Crippen molar-refractivity contribution >= 4 is 57.2 Å². The molecule has 176 valence electrons. The number of amides is 2. The number of nitrogens with zero attached hydrogens (tertiary/aromatic N) is 1. The molecule has 0 heterocycles. The standard InChI is InChI=1S/C22H23BrClN3O6/c1-3-32-18-10-14(9-17(23)22(18)33-13-21(30)31-2)12-25-27-20(29)8-7-19(28)26-16-6-4-5-15(24)11-16/h4-6,9-12H,3,7-8,13H2,1-2H3,(H,26,28)(H,27,29). The Morgan fingerprint density at radius 2 is 1.88 bits per heavy atom. The zero-order chi connectivity index (χ0) is 24.2. The van der Waals surface area contributed by atoms with Gasteiger partial charge in [-0.25, -0.2) is 10.2 Å². The molecule has 0 aliphatic heterocycles. The summed E-state index contributed by atoms with van der Waals surface area (Å²) in [6, 6.07) is 10.1. The fourth-order valence-electron chi connectivity index (χ4n) is 2.51. The Bertz CT molecular complexity index is 1030. The molecule has 2 N–H and O–H groups in total. The summed E-state index contributed by atoms with van der Waals surface area (Å²) in [6.07, 6.45) is 1.36. The van der Waals surface area contributed by atoms with Crippen molar-refractivity contribution in [1.29, 1.82) is 0 Å². The van der Waals surface area contributed by atoms with Gasteiger partial charge in [0.2, 0.25) is 11.8 Å². The van der Waals surface area contributed by atoms with Gasteiger partial charge < -0.3 is 19.5 Å². The highest BCUT2D eigenvalue weighted by Gasteiger charge is 2.14. The lowest BCUT2D eigenvalue weighted by Crippen LogP contribution is -2.20. The SMILES string of the molecule is CCOc1cc(C=NNC(=O)CCC(=O)Nc2cccc(Cl)c2)cc(Br)c1OCC(=O)OC. The van der Waals surface area contributed by atoms with Crippen LogP contribution in [0, 0.1) is 0 Å². The van der Waals surface area contributed by atoms with Gasteiger partial charge in [0.15, 0.2) is 18.1 Å². The molecule has 0 saturated carbocycles. The first-order valence-corrected chi connectivity index (χ1v) is 11.0. The van der Waals surface area contributed by atoms with Gasteiger partial charge in [-0.2, -0.15) is 5.10 Å². The fourth-order valence-corrected chi connectivity index (χ4v) is 3.27. The number of ether oxygens (including phenoxy) is 3. The fraction of sp³-hybridized carbons (Fsp3) is 0.273. The maximum atomic E-state index is 12.0. The second-order valence-electron chi connectivity index (χ2n) is 6.48. The maximum Gasteiger partial charge on any atom is 0.343 e. The van der Waals surface area contributed by atoms with Crippen LogP contribution in [0.1, 0.15) is 25.3 Å². The predicted molar refractivity (Wildman–Crippen MR) is 128 cm³/mol. The lowest BCUT2D eigenvalue weighted by atomic mass is 10.2. The summed E-state index contributed by atoms with van der Waals surface area (Å²) in [4.78, 5) is 35.3. The lowest BCUT2D eigenvalue weighted by molar-refractivity contribution is -0.143. The normalized spacial score (nSPS) is 10.5. The van der Waals surface area contributed by atoms with E-state index in [1.54, 1.807) is 36.4 Å². The van der Waals surface area contributed by atoms with Crippen LogP contribution in [0.15, 0.2) is 46.0 Å². The van der Waals surface area contributed by atoms with Crippen molar-refractivity contribution in [1.82, 2.24) is 5.43 Å². The number of hydrazone groups is 1. The summed E-state index contributed by atoms with van der Waals surface area (Å²) in [5.41, 5.74) is 3.54. The molecule has 0 aliphatic rings. The first-order valence-electron chi connectivity index (χ1n) is 9.85. The van der Waals surface area contributed by atoms with Crippen molar-refractivity contribution in [2.75, 3.05) is 25.6 Å². The molecule has 0 aromatic heterocycles. The topological polar surface area (TPSA) is 115 Å². The van der Waals surface area contributed by atoms with E-state index in [4.69, 9.17) is 21.1 Å². The van der Waals surface area contributed by atoms with E-state index >= 15 is 0 Å². The monoisotopic (exact) mass is 539 g/mol. The first-order chi connectivity index (χ1) is 15.8. The summed E-state index contributed by atoms with van der Waals surface area (Å²) in [5, 5.41) is 7.08. The number of esters is 1. The van der Waals surface area contributed by atoms with E-state index in [1.807, 2.05) is 6.92 Å². The van der Waals surface area contributed by atoms with E-state index in [1.165, 1.54) is 13.3 Å². The Kier molecular flexibility index (Phi) is 10.6. The molecular formula is C22H23BrClN3O6. The Balaban J connectivity index is 1.90. The highest BCUT2D eigenvalue weighted by molar-refractivity contribution is 9.10.